The van der Waals surface area contributed by atoms with Crippen molar-refractivity contribution in [1.82, 2.24) is 13.7 Å². The molecule has 0 unspecified atom stereocenters. The number of fused-ring (bicyclic) bond motifs is 2. The van der Waals surface area contributed by atoms with Crippen molar-refractivity contribution in [3.8, 4) is 0 Å². The van der Waals surface area contributed by atoms with E-state index in [4.69, 9.17) is 0 Å². The standard InChI is InChI=1S/C20H22N4O3/c1-3-22-18-15(19(26)23(4-2)20(22)27)10-11-21(18)13-17(25)24-12-9-14-7-5-6-8-16(14)24/h5-8,10-11H,3-4,9,12-13H2,1-2H3. The van der Waals surface area contributed by atoms with Gasteiger partial charge in [0.2, 0.25) is 5.91 Å². The van der Waals surface area contributed by atoms with Crippen molar-refractivity contribution in [1.29, 1.82) is 0 Å². The Balaban J connectivity index is 1.77. The van der Waals surface area contributed by atoms with Crippen LogP contribution >= 0.6 is 0 Å². The second-order valence-corrected chi connectivity index (χ2v) is 6.68. The van der Waals surface area contributed by atoms with Crippen LogP contribution in [0.1, 0.15) is 19.4 Å². The second kappa shape index (κ2) is 6.57. The maximum absolute atomic E-state index is 12.9. The van der Waals surface area contributed by atoms with Gasteiger partial charge in [0.25, 0.3) is 5.56 Å². The lowest BCUT2D eigenvalue weighted by Crippen LogP contribution is -2.40. The van der Waals surface area contributed by atoms with Gasteiger partial charge in [-0.1, -0.05) is 18.2 Å². The maximum Gasteiger partial charge on any atom is 0.332 e. The maximum atomic E-state index is 12.9. The van der Waals surface area contributed by atoms with Crippen LogP contribution in [0.25, 0.3) is 11.0 Å². The van der Waals surface area contributed by atoms with Crippen LogP contribution in [-0.4, -0.2) is 26.2 Å². The molecule has 7 nitrogen and oxygen atoms in total. The topological polar surface area (TPSA) is 69.2 Å². The Morgan fingerprint density at radius 1 is 1.04 bits per heavy atom. The second-order valence-electron chi connectivity index (χ2n) is 6.68. The molecule has 0 saturated heterocycles. The Labute approximate surface area is 156 Å². The van der Waals surface area contributed by atoms with Crippen LogP contribution in [0, 0.1) is 0 Å². The highest BCUT2D eigenvalue weighted by molar-refractivity contribution is 5.96. The summed E-state index contributed by atoms with van der Waals surface area (Å²) in [6.45, 7) is 5.14. The van der Waals surface area contributed by atoms with E-state index in [0.717, 1.165) is 12.1 Å². The quantitative estimate of drug-likeness (QED) is 0.704. The van der Waals surface area contributed by atoms with E-state index >= 15 is 0 Å². The zero-order chi connectivity index (χ0) is 19.1. The summed E-state index contributed by atoms with van der Waals surface area (Å²) in [6, 6.07) is 9.59. The van der Waals surface area contributed by atoms with Gasteiger partial charge in [-0.25, -0.2) is 4.79 Å². The average molecular weight is 366 g/mol. The van der Waals surface area contributed by atoms with Gasteiger partial charge in [0.15, 0.2) is 0 Å². The molecule has 1 amide bonds. The van der Waals surface area contributed by atoms with Crippen LogP contribution in [0.4, 0.5) is 5.69 Å². The fraction of sp³-hybridized carbons (Fsp3) is 0.350. The van der Waals surface area contributed by atoms with Gasteiger partial charge in [-0.15, -0.1) is 0 Å². The van der Waals surface area contributed by atoms with E-state index in [2.05, 4.69) is 0 Å². The predicted molar refractivity (Wildman–Crippen MR) is 104 cm³/mol. The average Bonchev–Trinajstić information content (AvgIpc) is 3.27. The third kappa shape index (κ3) is 2.61. The lowest BCUT2D eigenvalue weighted by atomic mass is 10.2. The van der Waals surface area contributed by atoms with Crippen molar-refractivity contribution in [2.75, 3.05) is 11.4 Å². The third-order valence-electron chi connectivity index (χ3n) is 5.25. The molecule has 1 aliphatic rings. The molecule has 3 heterocycles. The highest BCUT2D eigenvalue weighted by Gasteiger charge is 2.25. The van der Waals surface area contributed by atoms with Gasteiger partial charge in [-0.2, -0.15) is 0 Å². The molecule has 1 aliphatic heterocycles. The number of benzene rings is 1. The van der Waals surface area contributed by atoms with Gasteiger partial charge >= 0.3 is 5.69 Å². The first-order valence-electron chi connectivity index (χ1n) is 9.27. The first kappa shape index (κ1) is 17.3. The minimum absolute atomic E-state index is 0.0489. The molecule has 0 fully saturated rings. The Kier molecular flexibility index (Phi) is 4.22. The minimum atomic E-state index is -0.337. The van der Waals surface area contributed by atoms with Crippen LogP contribution in [0.5, 0.6) is 0 Å². The molecule has 0 bridgehead atoms. The first-order valence-corrected chi connectivity index (χ1v) is 9.27. The van der Waals surface area contributed by atoms with Crippen molar-refractivity contribution in [2.24, 2.45) is 0 Å². The number of carbonyl (C=O) groups excluding carboxylic acids is 1. The molecule has 0 saturated carbocycles. The van der Waals surface area contributed by atoms with Crippen molar-refractivity contribution < 1.29 is 4.79 Å². The van der Waals surface area contributed by atoms with Gasteiger partial charge in [0.05, 0.1) is 5.39 Å². The Morgan fingerprint density at radius 3 is 2.52 bits per heavy atom. The van der Waals surface area contributed by atoms with E-state index in [0.29, 0.717) is 30.7 Å². The summed E-state index contributed by atoms with van der Waals surface area (Å²) in [5.74, 6) is -0.0489. The summed E-state index contributed by atoms with van der Waals surface area (Å²) in [6.07, 6.45) is 2.56. The van der Waals surface area contributed by atoms with Crippen molar-refractivity contribution in [2.45, 2.75) is 39.9 Å². The highest BCUT2D eigenvalue weighted by Crippen LogP contribution is 2.27. The monoisotopic (exact) mass is 366 g/mol. The van der Waals surface area contributed by atoms with Crippen molar-refractivity contribution >= 4 is 22.6 Å². The third-order valence-corrected chi connectivity index (χ3v) is 5.25. The molecular weight excluding hydrogens is 344 g/mol. The largest absolute Gasteiger partial charge is 0.332 e. The summed E-state index contributed by atoms with van der Waals surface area (Å²) in [5.41, 5.74) is 1.98. The van der Waals surface area contributed by atoms with E-state index in [1.807, 2.05) is 31.2 Å². The number of rotatable bonds is 4. The zero-order valence-electron chi connectivity index (χ0n) is 15.5. The lowest BCUT2D eigenvalue weighted by Gasteiger charge is -2.19. The van der Waals surface area contributed by atoms with Gasteiger partial charge in [-0.05, 0) is 38.0 Å². The molecule has 0 radical (unpaired) electrons. The van der Waals surface area contributed by atoms with Crippen molar-refractivity contribution in [3.05, 3.63) is 62.9 Å². The van der Waals surface area contributed by atoms with Gasteiger partial charge in [-0.3, -0.25) is 18.7 Å². The fourth-order valence-corrected chi connectivity index (χ4v) is 3.92. The lowest BCUT2D eigenvalue weighted by molar-refractivity contribution is -0.119. The Hall–Kier alpha value is -3.09. The number of amides is 1. The summed E-state index contributed by atoms with van der Waals surface area (Å²) < 4.78 is 4.51. The van der Waals surface area contributed by atoms with Crippen molar-refractivity contribution in [3.63, 3.8) is 0 Å². The molecule has 2 aromatic heterocycles. The van der Waals surface area contributed by atoms with Gasteiger partial charge in [0.1, 0.15) is 12.2 Å². The number of para-hydroxylation sites is 1. The SMILES string of the molecule is CCn1c(=O)c2ccn(CC(=O)N3CCc4ccccc43)c2n(CC)c1=O. The molecule has 140 valence electrons. The van der Waals surface area contributed by atoms with E-state index in [1.54, 1.807) is 33.2 Å². The predicted octanol–water partition coefficient (Wildman–Crippen LogP) is 1.59. The molecule has 0 aliphatic carbocycles. The molecule has 1 aromatic carbocycles. The van der Waals surface area contributed by atoms with E-state index in [-0.39, 0.29) is 23.7 Å². The van der Waals surface area contributed by atoms with Crippen LogP contribution in [0.2, 0.25) is 0 Å². The van der Waals surface area contributed by atoms with Crippen LogP contribution in [-0.2, 0) is 30.8 Å². The number of hydrogen-bond donors (Lipinski definition) is 0. The summed E-state index contributed by atoms with van der Waals surface area (Å²) >= 11 is 0. The van der Waals surface area contributed by atoms with Gasteiger partial charge < -0.3 is 9.47 Å². The molecule has 3 aromatic rings. The Bertz CT molecular complexity index is 1150. The zero-order valence-corrected chi connectivity index (χ0v) is 15.5. The number of nitrogens with zero attached hydrogens (tertiary/aromatic N) is 4. The van der Waals surface area contributed by atoms with E-state index < -0.39 is 0 Å². The van der Waals surface area contributed by atoms with Crippen LogP contribution in [0.3, 0.4) is 0 Å². The van der Waals surface area contributed by atoms with Crippen LogP contribution in [0.15, 0.2) is 46.1 Å². The smallest absolute Gasteiger partial charge is 0.324 e. The first-order chi connectivity index (χ1) is 13.1. The molecule has 4 rings (SSSR count). The number of anilines is 1. The molecular formula is C20H22N4O3. The number of hydrogen-bond acceptors (Lipinski definition) is 3. The van der Waals surface area contributed by atoms with E-state index in [9.17, 15) is 14.4 Å². The number of carbonyl (C=O) groups is 1. The Morgan fingerprint density at radius 2 is 1.78 bits per heavy atom. The number of aromatic nitrogens is 3. The molecule has 0 atom stereocenters. The van der Waals surface area contributed by atoms with Gasteiger partial charge in [0, 0.05) is 31.5 Å². The molecule has 0 spiro atoms. The summed E-state index contributed by atoms with van der Waals surface area (Å²) in [5, 5.41) is 0.466. The summed E-state index contributed by atoms with van der Waals surface area (Å²) in [4.78, 5) is 40.0. The summed E-state index contributed by atoms with van der Waals surface area (Å²) in [7, 11) is 0. The molecule has 0 N–H and O–H groups in total. The minimum Gasteiger partial charge on any atom is -0.324 e. The molecule has 27 heavy (non-hydrogen) atoms. The molecule has 7 heteroatoms. The number of aryl methyl sites for hydroxylation is 1. The fourth-order valence-electron chi connectivity index (χ4n) is 3.92. The van der Waals surface area contributed by atoms with E-state index in [1.165, 1.54) is 10.1 Å². The highest BCUT2D eigenvalue weighted by atomic mass is 16.2. The normalized spacial score (nSPS) is 13.3. The van der Waals surface area contributed by atoms with Crippen LogP contribution < -0.4 is 16.1 Å².